The van der Waals surface area contributed by atoms with Crippen molar-refractivity contribution in [3.05, 3.63) is 18.2 Å². The zero-order valence-corrected chi connectivity index (χ0v) is 24.6. The van der Waals surface area contributed by atoms with Crippen LogP contribution in [-0.4, -0.2) is 4.57 Å². The fourth-order valence-corrected chi connectivity index (χ4v) is 5.44. The molecule has 0 atom stereocenters. The lowest BCUT2D eigenvalue weighted by Crippen LogP contribution is -2.37. The molecule has 0 fully saturated rings. The number of nitrogens with zero attached hydrogens (tertiary/aromatic N) is 2. The third-order valence-electron chi connectivity index (χ3n) is 7.85. The summed E-state index contributed by atoms with van der Waals surface area (Å²) >= 11 is 0. The van der Waals surface area contributed by atoms with Crippen molar-refractivity contribution in [3.63, 3.8) is 0 Å². The second kappa shape index (κ2) is 24.9. The third kappa shape index (κ3) is 18.2. The first-order chi connectivity index (χ1) is 17.3. The number of unbranched alkanes of at least 4 members (excludes halogenated alkanes) is 21. The van der Waals surface area contributed by atoms with Crippen molar-refractivity contribution >= 4 is 0 Å². The molecule has 1 aromatic rings. The lowest BCUT2D eigenvalue weighted by Gasteiger charge is -2.07. The summed E-state index contributed by atoms with van der Waals surface area (Å²) < 4.78 is 5.22. The summed E-state index contributed by atoms with van der Waals surface area (Å²) in [4.78, 5) is 0. The summed E-state index contributed by atoms with van der Waals surface area (Å²) in [6.07, 6.45) is 39.9. The normalized spacial score (nSPS) is 11.5. The van der Waals surface area contributed by atoms with E-state index in [9.17, 15) is 0 Å². The van der Waals surface area contributed by atoms with Crippen LogP contribution in [0, 0.1) is 0 Å². The van der Waals surface area contributed by atoms with Crippen LogP contribution in [0.4, 0.5) is 0 Å². The molecule has 0 aliphatic rings. The largest absolute Gasteiger partial charge is 0.256 e. The molecule has 0 unspecified atom stereocenters. The first-order valence-electron chi connectivity index (χ1n) is 16.4. The Kier molecular flexibility index (Phi) is 22.9. The SMILES string of the molecule is CCCCCCCCCCCCc1n(CCCCCCCCC)cc[n+]1CCCCCCCCC. The van der Waals surface area contributed by atoms with Crippen molar-refractivity contribution in [2.45, 2.75) is 194 Å². The summed E-state index contributed by atoms with van der Waals surface area (Å²) in [5.41, 5.74) is 0. The molecule has 0 bridgehead atoms. The minimum atomic E-state index is 1.23. The minimum absolute atomic E-state index is 1.23. The van der Waals surface area contributed by atoms with Crippen LogP contribution in [0.25, 0.3) is 0 Å². The van der Waals surface area contributed by atoms with E-state index in [0.29, 0.717) is 0 Å². The topological polar surface area (TPSA) is 8.81 Å². The fraction of sp³-hybridized carbons (Fsp3) is 0.909. The number of hydrogen-bond acceptors (Lipinski definition) is 0. The monoisotopic (exact) mass is 490 g/mol. The second-order valence-electron chi connectivity index (χ2n) is 11.3. The van der Waals surface area contributed by atoms with Crippen molar-refractivity contribution in [2.75, 3.05) is 0 Å². The maximum absolute atomic E-state index is 2.61. The van der Waals surface area contributed by atoms with Gasteiger partial charge in [-0.3, -0.25) is 0 Å². The standard InChI is InChI=1S/C33H65N2/c1-4-7-10-13-16-17-18-19-22-25-28-33-34(29-26-23-20-14-11-8-5-2)31-32-35(33)30-27-24-21-15-12-9-6-3/h31-32H,4-30H2,1-3H3/q+1. The van der Waals surface area contributed by atoms with E-state index in [1.807, 2.05) is 0 Å². The molecule has 1 rings (SSSR count). The Morgan fingerprint density at radius 3 is 1.37 bits per heavy atom. The van der Waals surface area contributed by atoms with Gasteiger partial charge in [-0.05, 0) is 32.1 Å². The van der Waals surface area contributed by atoms with Gasteiger partial charge in [0.2, 0.25) is 0 Å². The molecule has 1 aromatic heterocycles. The molecule has 0 aliphatic carbocycles. The molecule has 0 radical (unpaired) electrons. The van der Waals surface area contributed by atoms with Crippen LogP contribution in [0.3, 0.4) is 0 Å². The predicted molar refractivity (Wildman–Crippen MR) is 156 cm³/mol. The molecule has 2 heteroatoms. The summed E-state index contributed by atoms with van der Waals surface area (Å²) in [5, 5.41) is 0. The first kappa shape index (κ1) is 32.2. The van der Waals surface area contributed by atoms with Gasteiger partial charge in [-0.2, -0.15) is 0 Å². The van der Waals surface area contributed by atoms with E-state index in [1.165, 1.54) is 174 Å². The van der Waals surface area contributed by atoms with Gasteiger partial charge >= 0.3 is 0 Å². The van der Waals surface area contributed by atoms with Crippen molar-refractivity contribution < 1.29 is 4.57 Å². The summed E-state index contributed by atoms with van der Waals surface area (Å²) in [6.45, 7) is 9.38. The molecule has 35 heavy (non-hydrogen) atoms. The Morgan fingerprint density at radius 2 is 0.886 bits per heavy atom. The van der Waals surface area contributed by atoms with Crippen LogP contribution in [0.2, 0.25) is 0 Å². The minimum Gasteiger partial charge on any atom is -0.234 e. The smallest absolute Gasteiger partial charge is 0.234 e. The van der Waals surface area contributed by atoms with Crippen LogP contribution >= 0.6 is 0 Å². The molecule has 0 amide bonds. The highest BCUT2D eigenvalue weighted by molar-refractivity contribution is 4.84. The van der Waals surface area contributed by atoms with Crippen LogP contribution in [0.5, 0.6) is 0 Å². The van der Waals surface area contributed by atoms with E-state index in [0.717, 1.165) is 0 Å². The molecule has 1 heterocycles. The average Bonchev–Trinajstić information content (AvgIpc) is 3.25. The fourth-order valence-electron chi connectivity index (χ4n) is 5.44. The Hall–Kier alpha value is -0.790. The predicted octanol–water partition coefficient (Wildman–Crippen LogP) is 10.7. The molecule has 206 valence electrons. The average molecular weight is 490 g/mol. The third-order valence-corrected chi connectivity index (χ3v) is 7.85. The summed E-state index contributed by atoms with van der Waals surface area (Å²) in [5.74, 6) is 1.61. The maximum atomic E-state index is 2.61. The zero-order chi connectivity index (χ0) is 25.2. The van der Waals surface area contributed by atoms with E-state index in [4.69, 9.17) is 0 Å². The van der Waals surface area contributed by atoms with Gasteiger partial charge in [0, 0.05) is 6.42 Å². The van der Waals surface area contributed by atoms with Gasteiger partial charge in [0.1, 0.15) is 12.4 Å². The Morgan fingerprint density at radius 1 is 0.486 bits per heavy atom. The van der Waals surface area contributed by atoms with Gasteiger partial charge in [0.05, 0.1) is 13.1 Å². The Labute approximate surface area is 221 Å². The second-order valence-corrected chi connectivity index (χ2v) is 11.3. The van der Waals surface area contributed by atoms with Crippen molar-refractivity contribution in [1.82, 2.24) is 4.57 Å². The van der Waals surface area contributed by atoms with E-state index < -0.39 is 0 Å². The lowest BCUT2D eigenvalue weighted by atomic mass is 10.1. The van der Waals surface area contributed by atoms with Crippen LogP contribution in [-0.2, 0) is 19.5 Å². The zero-order valence-electron chi connectivity index (χ0n) is 24.6. The van der Waals surface area contributed by atoms with Gasteiger partial charge in [-0.15, -0.1) is 0 Å². The van der Waals surface area contributed by atoms with Crippen LogP contribution in [0.1, 0.15) is 181 Å². The Balaban J connectivity index is 2.36. The highest BCUT2D eigenvalue weighted by Gasteiger charge is 2.16. The number of aryl methyl sites for hydroxylation is 2. The molecular weight excluding hydrogens is 424 g/mol. The van der Waals surface area contributed by atoms with Gasteiger partial charge < -0.3 is 0 Å². The first-order valence-corrected chi connectivity index (χ1v) is 16.4. The van der Waals surface area contributed by atoms with Gasteiger partial charge in [0.25, 0.3) is 5.82 Å². The van der Waals surface area contributed by atoms with Crippen LogP contribution in [0.15, 0.2) is 12.4 Å². The van der Waals surface area contributed by atoms with Crippen LogP contribution < -0.4 is 4.57 Å². The molecule has 0 aliphatic heterocycles. The summed E-state index contributed by atoms with van der Waals surface area (Å²) in [7, 11) is 0. The molecule has 0 N–H and O–H groups in total. The Bertz CT molecular complexity index is 512. The number of hydrogen-bond donors (Lipinski definition) is 0. The van der Waals surface area contributed by atoms with E-state index in [2.05, 4.69) is 42.3 Å². The molecule has 2 nitrogen and oxygen atoms in total. The van der Waals surface area contributed by atoms with Gasteiger partial charge in [-0.1, -0.05) is 143 Å². The molecule has 0 saturated carbocycles. The number of imidazole rings is 1. The highest BCUT2D eigenvalue weighted by atomic mass is 15.1. The molecule has 0 aromatic carbocycles. The van der Waals surface area contributed by atoms with Crippen molar-refractivity contribution in [1.29, 1.82) is 0 Å². The molecular formula is C33H65N2+. The quantitative estimate of drug-likeness (QED) is 0.0858. The van der Waals surface area contributed by atoms with E-state index in [-0.39, 0.29) is 0 Å². The van der Waals surface area contributed by atoms with Crippen molar-refractivity contribution in [3.8, 4) is 0 Å². The number of rotatable bonds is 27. The van der Waals surface area contributed by atoms with Crippen molar-refractivity contribution in [2.24, 2.45) is 0 Å². The maximum Gasteiger partial charge on any atom is 0.256 e. The molecule has 0 spiro atoms. The summed E-state index contributed by atoms with van der Waals surface area (Å²) in [6, 6.07) is 0. The number of aromatic nitrogens is 2. The highest BCUT2D eigenvalue weighted by Crippen LogP contribution is 2.14. The molecule has 0 saturated heterocycles. The van der Waals surface area contributed by atoms with Gasteiger partial charge in [0.15, 0.2) is 0 Å². The van der Waals surface area contributed by atoms with E-state index >= 15 is 0 Å². The van der Waals surface area contributed by atoms with Gasteiger partial charge in [-0.25, -0.2) is 9.13 Å². The lowest BCUT2D eigenvalue weighted by molar-refractivity contribution is -0.704. The van der Waals surface area contributed by atoms with E-state index in [1.54, 1.807) is 5.82 Å².